The Labute approximate surface area is 163 Å². The zero-order valence-corrected chi connectivity index (χ0v) is 15.6. The molecule has 0 unspecified atom stereocenters. The van der Waals surface area contributed by atoms with E-state index in [0.29, 0.717) is 43.8 Å². The first-order valence-corrected chi connectivity index (χ1v) is 8.73. The predicted molar refractivity (Wildman–Crippen MR) is 98.0 cm³/mol. The van der Waals surface area contributed by atoms with E-state index in [9.17, 15) is 18.0 Å². The number of rotatable bonds is 4. The molecular formula is C17H17ClF3N5O2. The molecule has 1 aliphatic heterocycles. The van der Waals surface area contributed by atoms with Crippen LogP contribution in [0.3, 0.4) is 0 Å². The third-order valence-electron chi connectivity index (χ3n) is 4.09. The fourth-order valence-electron chi connectivity index (χ4n) is 2.66. The fourth-order valence-corrected chi connectivity index (χ4v) is 2.89. The highest BCUT2D eigenvalue weighted by Crippen LogP contribution is 2.34. The Bertz CT molecular complexity index is 872. The molecule has 0 spiro atoms. The van der Waals surface area contributed by atoms with Gasteiger partial charge in [0.05, 0.1) is 23.9 Å². The van der Waals surface area contributed by atoms with Gasteiger partial charge in [-0.05, 0) is 18.2 Å². The van der Waals surface area contributed by atoms with Crippen molar-refractivity contribution in [3.05, 3.63) is 40.5 Å². The lowest BCUT2D eigenvalue weighted by molar-refractivity contribution is -0.137. The average Bonchev–Trinajstić information content (AvgIpc) is 2.68. The maximum atomic E-state index is 12.9. The Balaban J connectivity index is 1.79. The lowest BCUT2D eigenvalue weighted by atomic mass is 10.1. The second-order valence-electron chi connectivity index (χ2n) is 5.93. The Kier molecular flexibility index (Phi) is 5.90. The smallest absolute Gasteiger partial charge is 0.378 e. The fraction of sp³-hybridized carbons (Fsp3) is 0.353. The number of halogens is 4. The third-order valence-corrected chi connectivity index (χ3v) is 4.40. The molecule has 0 aliphatic carbocycles. The molecule has 11 heteroatoms. The number of carbonyl (C=O) groups is 1. The molecule has 0 saturated carbocycles. The number of carbonyl (C=O) groups excluding carboxylic acids is 1. The highest BCUT2D eigenvalue weighted by molar-refractivity contribution is 6.33. The Hall–Kier alpha value is -2.59. The van der Waals surface area contributed by atoms with Crippen molar-refractivity contribution in [2.75, 3.05) is 44.0 Å². The molecule has 1 saturated heterocycles. The number of hydrogen-bond acceptors (Lipinski definition) is 6. The van der Waals surface area contributed by atoms with Crippen molar-refractivity contribution >= 4 is 35.0 Å². The van der Waals surface area contributed by atoms with Crippen molar-refractivity contribution in [1.29, 1.82) is 0 Å². The summed E-state index contributed by atoms with van der Waals surface area (Å²) in [6, 6.07) is 4.62. The molecular weight excluding hydrogens is 399 g/mol. The van der Waals surface area contributed by atoms with Crippen LogP contribution in [0, 0.1) is 0 Å². The van der Waals surface area contributed by atoms with E-state index in [1.807, 2.05) is 0 Å². The lowest BCUT2D eigenvalue weighted by Gasteiger charge is -2.27. The van der Waals surface area contributed by atoms with Crippen molar-refractivity contribution in [2.24, 2.45) is 0 Å². The van der Waals surface area contributed by atoms with Crippen molar-refractivity contribution in [2.45, 2.75) is 6.18 Å². The van der Waals surface area contributed by atoms with Crippen molar-refractivity contribution in [1.82, 2.24) is 14.9 Å². The molecule has 2 aromatic rings. The van der Waals surface area contributed by atoms with Crippen molar-refractivity contribution in [3.63, 3.8) is 0 Å². The summed E-state index contributed by atoms with van der Waals surface area (Å²) in [5.74, 6) is -0.591. The number of aromatic nitrogens is 2. The number of nitrogens with one attached hydrogen (secondary N) is 2. The minimum atomic E-state index is -4.57. The minimum Gasteiger partial charge on any atom is -0.378 e. The second-order valence-corrected chi connectivity index (χ2v) is 6.34. The van der Waals surface area contributed by atoms with Crippen molar-refractivity contribution in [3.8, 4) is 0 Å². The van der Waals surface area contributed by atoms with Gasteiger partial charge in [0.25, 0.3) is 5.91 Å². The second kappa shape index (κ2) is 8.19. The molecule has 0 radical (unpaired) electrons. The van der Waals surface area contributed by atoms with E-state index in [4.69, 9.17) is 16.3 Å². The van der Waals surface area contributed by atoms with Gasteiger partial charge in [-0.15, -0.1) is 0 Å². The number of benzene rings is 1. The minimum absolute atomic E-state index is 0.0634. The quantitative estimate of drug-likeness (QED) is 0.796. The maximum Gasteiger partial charge on any atom is 0.421 e. The van der Waals surface area contributed by atoms with Gasteiger partial charge in [-0.2, -0.15) is 18.2 Å². The summed E-state index contributed by atoms with van der Waals surface area (Å²) >= 11 is 6.23. The summed E-state index contributed by atoms with van der Waals surface area (Å²) in [6.07, 6.45) is -3.89. The normalized spacial score (nSPS) is 14.7. The van der Waals surface area contributed by atoms with Crippen LogP contribution in [-0.2, 0) is 10.9 Å². The zero-order chi connectivity index (χ0) is 20.3. The van der Waals surface area contributed by atoms with Crippen LogP contribution in [0.5, 0.6) is 0 Å². The molecule has 150 valence electrons. The van der Waals surface area contributed by atoms with E-state index in [2.05, 4.69) is 20.6 Å². The predicted octanol–water partition coefficient (Wildman–Crippen LogP) is 3.41. The summed E-state index contributed by atoms with van der Waals surface area (Å²) in [4.78, 5) is 21.7. The SMILES string of the molecule is CNc1nc(Nc2ccc(C(=O)N3CCOCC3)cc2Cl)ncc1C(F)(F)F. The van der Waals surface area contributed by atoms with Gasteiger partial charge in [0.2, 0.25) is 5.95 Å². The van der Waals surface area contributed by atoms with E-state index in [1.54, 1.807) is 17.0 Å². The first-order valence-electron chi connectivity index (χ1n) is 8.35. The molecule has 3 rings (SSSR count). The molecule has 1 aromatic carbocycles. The van der Waals surface area contributed by atoms with E-state index < -0.39 is 11.7 Å². The number of ether oxygens (including phenoxy) is 1. The standard InChI is InChI=1S/C17H17ClF3N5O2/c1-22-14-11(17(19,20)21)9-23-16(25-14)24-13-3-2-10(8-12(13)18)15(27)26-4-6-28-7-5-26/h2-3,8-9H,4-7H2,1H3,(H2,22,23,24,25). The van der Waals surface area contributed by atoms with E-state index >= 15 is 0 Å². The molecule has 1 aliphatic rings. The number of nitrogens with zero attached hydrogens (tertiary/aromatic N) is 3. The maximum absolute atomic E-state index is 12.9. The summed E-state index contributed by atoms with van der Waals surface area (Å²) in [5, 5.41) is 5.38. The molecule has 28 heavy (non-hydrogen) atoms. The summed E-state index contributed by atoms with van der Waals surface area (Å²) < 4.78 is 44.0. The topological polar surface area (TPSA) is 79.4 Å². The van der Waals surface area contributed by atoms with Crippen LogP contribution in [0.1, 0.15) is 15.9 Å². The van der Waals surface area contributed by atoms with Gasteiger partial charge in [-0.25, -0.2) is 4.98 Å². The monoisotopic (exact) mass is 415 g/mol. The highest BCUT2D eigenvalue weighted by Gasteiger charge is 2.35. The third kappa shape index (κ3) is 4.45. The molecule has 2 heterocycles. The van der Waals surface area contributed by atoms with Gasteiger partial charge in [0.1, 0.15) is 11.4 Å². The Morgan fingerprint density at radius 2 is 2.00 bits per heavy atom. The summed E-state index contributed by atoms with van der Waals surface area (Å²) in [5.41, 5.74) is -0.207. The Morgan fingerprint density at radius 3 is 2.61 bits per heavy atom. The number of morpholine rings is 1. The zero-order valence-electron chi connectivity index (χ0n) is 14.8. The summed E-state index contributed by atoms with van der Waals surface area (Å²) in [6.45, 7) is 1.97. The van der Waals surface area contributed by atoms with Gasteiger partial charge in [0.15, 0.2) is 0 Å². The van der Waals surface area contributed by atoms with Crippen LogP contribution < -0.4 is 10.6 Å². The molecule has 0 atom stereocenters. The van der Waals surface area contributed by atoms with Crippen LogP contribution in [0.4, 0.5) is 30.6 Å². The Morgan fingerprint density at radius 1 is 1.29 bits per heavy atom. The molecule has 1 aromatic heterocycles. The summed E-state index contributed by atoms with van der Waals surface area (Å²) in [7, 11) is 1.33. The lowest BCUT2D eigenvalue weighted by Crippen LogP contribution is -2.40. The number of amides is 1. The van der Waals surface area contributed by atoms with Gasteiger partial charge < -0.3 is 20.3 Å². The van der Waals surface area contributed by atoms with Crippen LogP contribution in [0.2, 0.25) is 5.02 Å². The van der Waals surface area contributed by atoms with E-state index in [-0.39, 0.29) is 22.7 Å². The van der Waals surface area contributed by atoms with Crippen LogP contribution >= 0.6 is 11.6 Å². The van der Waals surface area contributed by atoms with Crippen molar-refractivity contribution < 1.29 is 22.7 Å². The number of alkyl halides is 3. The van der Waals surface area contributed by atoms with Gasteiger partial charge in [-0.3, -0.25) is 4.79 Å². The molecule has 7 nitrogen and oxygen atoms in total. The van der Waals surface area contributed by atoms with Gasteiger partial charge in [-0.1, -0.05) is 11.6 Å². The molecule has 2 N–H and O–H groups in total. The van der Waals surface area contributed by atoms with Gasteiger partial charge >= 0.3 is 6.18 Å². The highest BCUT2D eigenvalue weighted by atomic mass is 35.5. The van der Waals surface area contributed by atoms with Crippen LogP contribution in [-0.4, -0.2) is 54.1 Å². The van der Waals surface area contributed by atoms with Gasteiger partial charge in [0, 0.05) is 31.9 Å². The number of hydrogen-bond donors (Lipinski definition) is 2. The molecule has 1 fully saturated rings. The van der Waals surface area contributed by atoms with Crippen LogP contribution in [0.25, 0.3) is 0 Å². The van der Waals surface area contributed by atoms with E-state index in [1.165, 1.54) is 13.1 Å². The number of anilines is 3. The first kappa shape index (κ1) is 20.2. The first-order chi connectivity index (χ1) is 13.3. The van der Waals surface area contributed by atoms with E-state index in [0.717, 1.165) is 0 Å². The average molecular weight is 416 g/mol. The molecule has 1 amide bonds. The van der Waals surface area contributed by atoms with Crippen LogP contribution in [0.15, 0.2) is 24.4 Å². The molecule has 0 bridgehead atoms. The largest absolute Gasteiger partial charge is 0.421 e.